The Kier molecular flexibility index (Phi) is 56.0. The second-order valence-electron chi connectivity index (χ2n) is 22.2. The Balaban J connectivity index is 4.21. The highest BCUT2D eigenvalue weighted by atomic mass is 16.6. The van der Waals surface area contributed by atoms with E-state index in [2.05, 4.69) is 27.7 Å². The van der Waals surface area contributed by atoms with Gasteiger partial charge in [0.2, 0.25) is 0 Å². The highest BCUT2D eigenvalue weighted by Gasteiger charge is 2.19. The molecule has 0 aromatic carbocycles. The minimum Gasteiger partial charge on any atom is -0.462 e. The Hall–Kier alpha value is -1.59. The predicted octanol–water partition coefficient (Wildman–Crippen LogP) is 21.0. The van der Waals surface area contributed by atoms with Gasteiger partial charge in [0.05, 0.1) is 0 Å². The van der Waals surface area contributed by atoms with Gasteiger partial charge in [-0.25, -0.2) is 0 Å². The van der Waals surface area contributed by atoms with Crippen molar-refractivity contribution in [1.29, 1.82) is 0 Å². The summed E-state index contributed by atoms with van der Waals surface area (Å²) in [5.74, 6) is 0.0284. The van der Waals surface area contributed by atoms with Crippen LogP contribution in [0.4, 0.5) is 0 Å². The molecule has 0 rings (SSSR count). The zero-order valence-corrected chi connectivity index (χ0v) is 47.3. The molecule has 410 valence electrons. The summed E-state index contributed by atoms with van der Waals surface area (Å²) in [6.07, 6.45) is 63.9. The molecule has 6 nitrogen and oxygen atoms in total. The van der Waals surface area contributed by atoms with Crippen LogP contribution >= 0.6 is 0 Å². The molecule has 1 atom stereocenters. The maximum atomic E-state index is 12.9. The fourth-order valence-corrected chi connectivity index (χ4v) is 9.81. The second-order valence-corrected chi connectivity index (χ2v) is 22.2. The van der Waals surface area contributed by atoms with Crippen molar-refractivity contribution in [3.8, 4) is 0 Å². The Morgan fingerprint density at radius 3 is 0.710 bits per heavy atom. The van der Waals surface area contributed by atoms with E-state index in [0.29, 0.717) is 19.3 Å². The second kappa shape index (κ2) is 57.3. The molecule has 0 unspecified atom stereocenters. The van der Waals surface area contributed by atoms with Gasteiger partial charge in [0, 0.05) is 19.3 Å². The zero-order valence-electron chi connectivity index (χ0n) is 47.3. The van der Waals surface area contributed by atoms with Crippen LogP contribution in [0.25, 0.3) is 0 Å². The van der Waals surface area contributed by atoms with E-state index in [1.165, 1.54) is 257 Å². The van der Waals surface area contributed by atoms with Crippen LogP contribution in [0.15, 0.2) is 0 Å². The van der Waals surface area contributed by atoms with Crippen LogP contribution in [0.2, 0.25) is 0 Å². The van der Waals surface area contributed by atoms with Crippen molar-refractivity contribution < 1.29 is 28.6 Å². The number of esters is 3. The maximum absolute atomic E-state index is 12.9. The van der Waals surface area contributed by atoms with E-state index in [1.54, 1.807) is 0 Å². The number of hydrogen-bond acceptors (Lipinski definition) is 6. The predicted molar refractivity (Wildman–Crippen MR) is 298 cm³/mol. The zero-order chi connectivity index (χ0) is 50.2. The average molecular weight is 976 g/mol. The first-order valence-corrected chi connectivity index (χ1v) is 31.4. The molecule has 0 saturated carbocycles. The molecule has 0 aliphatic heterocycles. The normalized spacial score (nSPS) is 12.0. The van der Waals surface area contributed by atoms with Crippen LogP contribution < -0.4 is 0 Å². The third-order valence-electron chi connectivity index (χ3n) is 14.5. The summed E-state index contributed by atoms with van der Waals surface area (Å²) in [5.41, 5.74) is 0. The summed E-state index contributed by atoms with van der Waals surface area (Å²) in [5, 5.41) is 0. The third kappa shape index (κ3) is 57.2. The van der Waals surface area contributed by atoms with Gasteiger partial charge < -0.3 is 14.2 Å². The van der Waals surface area contributed by atoms with E-state index in [1.807, 2.05) is 0 Å². The minimum absolute atomic E-state index is 0.0613. The van der Waals surface area contributed by atoms with Crippen molar-refractivity contribution in [1.82, 2.24) is 0 Å². The fraction of sp³-hybridized carbons (Fsp3) is 0.952. The van der Waals surface area contributed by atoms with Gasteiger partial charge in [-0.15, -0.1) is 0 Å². The molecule has 0 saturated heterocycles. The molecule has 0 amide bonds. The highest BCUT2D eigenvalue weighted by molar-refractivity contribution is 5.71. The number of ether oxygens (including phenoxy) is 3. The van der Waals surface area contributed by atoms with Gasteiger partial charge in [-0.3, -0.25) is 14.4 Å². The van der Waals surface area contributed by atoms with Crippen LogP contribution in [0.5, 0.6) is 0 Å². The molecule has 0 radical (unpaired) electrons. The topological polar surface area (TPSA) is 78.9 Å². The van der Waals surface area contributed by atoms with E-state index >= 15 is 0 Å². The van der Waals surface area contributed by atoms with E-state index in [4.69, 9.17) is 14.2 Å². The Labute approximate surface area is 431 Å². The standard InChI is InChI=1S/C63H122O6/c1-5-7-9-11-13-15-17-18-19-20-21-26-29-32-36-40-44-48-52-56-63(66)69-60(57-67-61(64)54-50-46-42-38-33-16-14-12-10-8-6-2)58-68-62(65)55-51-47-43-39-35-31-28-25-23-22-24-27-30-34-37-41-45-49-53-59(3)4/h59-60H,5-58H2,1-4H3/t60-/m1/s1. The number of carbonyl (C=O) groups excluding carboxylic acids is 3. The lowest BCUT2D eigenvalue weighted by Gasteiger charge is -2.18. The molecule has 0 heterocycles. The highest BCUT2D eigenvalue weighted by Crippen LogP contribution is 2.19. The molecule has 0 aromatic rings. The summed E-state index contributed by atoms with van der Waals surface area (Å²) in [4.78, 5) is 38.2. The molecule has 0 aromatic heterocycles. The van der Waals surface area contributed by atoms with Crippen molar-refractivity contribution in [3.05, 3.63) is 0 Å². The molecule has 0 fully saturated rings. The summed E-state index contributed by atoms with van der Waals surface area (Å²) < 4.78 is 16.9. The van der Waals surface area contributed by atoms with Crippen molar-refractivity contribution >= 4 is 17.9 Å². The summed E-state index contributed by atoms with van der Waals surface area (Å²) in [7, 11) is 0. The van der Waals surface area contributed by atoms with E-state index < -0.39 is 6.10 Å². The van der Waals surface area contributed by atoms with Crippen molar-refractivity contribution in [3.63, 3.8) is 0 Å². The molecule has 6 heteroatoms. The van der Waals surface area contributed by atoms with E-state index in [0.717, 1.165) is 63.7 Å². The van der Waals surface area contributed by atoms with Gasteiger partial charge in [0.15, 0.2) is 6.10 Å². The monoisotopic (exact) mass is 975 g/mol. The van der Waals surface area contributed by atoms with Crippen molar-refractivity contribution in [2.75, 3.05) is 13.2 Å². The molecular formula is C63H122O6. The first kappa shape index (κ1) is 67.4. The van der Waals surface area contributed by atoms with Crippen LogP contribution in [-0.4, -0.2) is 37.2 Å². The quantitative estimate of drug-likeness (QED) is 0.0343. The molecule has 0 spiro atoms. The van der Waals surface area contributed by atoms with E-state index in [-0.39, 0.29) is 31.1 Å². The van der Waals surface area contributed by atoms with Crippen LogP contribution in [-0.2, 0) is 28.6 Å². The lowest BCUT2D eigenvalue weighted by atomic mass is 10.0. The molecule has 0 aliphatic carbocycles. The number of rotatable bonds is 58. The maximum Gasteiger partial charge on any atom is 0.306 e. The molecule has 0 N–H and O–H groups in total. The fourth-order valence-electron chi connectivity index (χ4n) is 9.81. The van der Waals surface area contributed by atoms with Crippen LogP contribution in [0.3, 0.4) is 0 Å². The number of hydrogen-bond donors (Lipinski definition) is 0. The Morgan fingerprint density at radius 1 is 0.275 bits per heavy atom. The lowest BCUT2D eigenvalue weighted by Crippen LogP contribution is -2.30. The van der Waals surface area contributed by atoms with Crippen molar-refractivity contribution in [2.45, 2.75) is 368 Å². The molecule has 69 heavy (non-hydrogen) atoms. The van der Waals surface area contributed by atoms with Gasteiger partial charge in [0.25, 0.3) is 0 Å². The summed E-state index contributed by atoms with van der Waals surface area (Å²) in [6, 6.07) is 0. The molecule has 0 bridgehead atoms. The van der Waals surface area contributed by atoms with Crippen molar-refractivity contribution in [2.24, 2.45) is 5.92 Å². The average Bonchev–Trinajstić information content (AvgIpc) is 3.34. The SMILES string of the molecule is CCCCCCCCCCCCCCCCCCCCCC(=O)O[C@H](COC(=O)CCCCCCCCCCCCC)COC(=O)CCCCCCCCCCCCCCCCCCCCC(C)C. The number of unbranched alkanes of at least 4 members (excludes halogenated alkanes) is 45. The van der Waals surface area contributed by atoms with Gasteiger partial charge >= 0.3 is 17.9 Å². The lowest BCUT2D eigenvalue weighted by molar-refractivity contribution is -0.167. The van der Waals surface area contributed by atoms with Gasteiger partial charge in [-0.05, 0) is 25.2 Å². The number of carbonyl (C=O) groups is 3. The van der Waals surface area contributed by atoms with Gasteiger partial charge in [-0.1, -0.05) is 323 Å². The first-order valence-electron chi connectivity index (χ1n) is 31.4. The Bertz CT molecular complexity index is 1040. The molecule has 0 aliphatic rings. The van der Waals surface area contributed by atoms with Gasteiger partial charge in [-0.2, -0.15) is 0 Å². The Morgan fingerprint density at radius 2 is 0.478 bits per heavy atom. The molecular weight excluding hydrogens is 853 g/mol. The summed E-state index contributed by atoms with van der Waals surface area (Å²) in [6.45, 7) is 9.09. The van der Waals surface area contributed by atoms with E-state index in [9.17, 15) is 14.4 Å². The minimum atomic E-state index is -0.762. The van der Waals surface area contributed by atoms with Crippen LogP contribution in [0.1, 0.15) is 362 Å². The summed E-state index contributed by atoms with van der Waals surface area (Å²) >= 11 is 0. The smallest absolute Gasteiger partial charge is 0.306 e. The van der Waals surface area contributed by atoms with Gasteiger partial charge in [0.1, 0.15) is 13.2 Å². The first-order chi connectivity index (χ1) is 33.9. The largest absolute Gasteiger partial charge is 0.462 e. The van der Waals surface area contributed by atoms with Crippen LogP contribution in [0, 0.1) is 5.92 Å². The third-order valence-corrected chi connectivity index (χ3v) is 14.5.